The maximum absolute atomic E-state index is 12.5. The van der Waals surface area contributed by atoms with Crippen LogP contribution in [-0.2, 0) is 14.8 Å². The standard InChI is InChI=1S/C18H20ClN3O3S/c1-14(23)21-9-11-22(12-10-21)17-4-2-3-16(13-17)20-26(24,25)18-7-5-15(19)6-8-18/h2-8,13,20H,9-12H2,1H3. The van der Waals surface area contributed by atoms with Gasteiger partial charge in [-0.2, -0.15) is 0 Å². The van der Waals surface area contributed by atoms with Crippen LogP contribution in [-0.4, -0.2) is 45.4 Å². The number of nitrogens with zero attached hydrogens (tertiary/aromatic N) is 2. The molecule has 0 spiro atoms. The Labute approximate surface area is 158 Å². The number of benzene rings is 2. The van der Waals surface area contributed by atoms with Crippen LogP contribution >= 0.6 is 11.6 Å². The van der Waals surface area contributed by atoms with E-state index in [9.17, 15) is 13.2 Å². The first kappa shape index (κ1) is 18.5. The van der Waals surface area contributed by atoms with Gasteiger partial charge in [-0.05, 0) is 42.5 Å². The molecule has 0 atom stereocenters. The van der Waals surface area contributed by atoms with Crippen molar-refractivity contribution < 1.29 is 13.2 Å². The second-order valence-corrected chi connectivity index (χ2v) is 8.22. The van der Waals surface area contributed by atoms with Crippen LogP contribution < -0.4 is 9.62 Å². The summed E-state index contributed by atoms with van der Waals surface area (Å²) in [5, 5.41) is 0.482. The van der Waals surface area contributed by atoms with Crippen LogP contribution in [0.15, 0.2) is 53.4 Å². The van der Waals surface area contributed by atoms with Crippen molar-refractivity contribution in [1.82, 2.24) is 4.90 Å². The van der Waals surface area contributed by atoms with Crippen molar-refractivity contribution in [2.45, 2.75) is 11.8 Å². The van der Waals surface area contributed by atoms with Crippen LogP contribution in [0.25, 0.3) is 0 Å². The number of carbonyl (C=O) groups is 1. The van der Waals surface area contributed by atoms with Crippen LogP contribution in [0.5, 0.6) is 0 Å². The van der Waals surface area contributed by atoms with E-state index in [-0.39, 0.29) is 10.8 Å². The van der Waals surface area contributed by atoms with E-state index in [1.165, 1.54) is 12.1 Å². The fraction of sp³-hybridized carbons (Fsp3) is 0.278. The van der Waals surface area contributed by atoms with Gasteiger partial charge in [0.1, 0.15) is 0 Å². The van der Waals surface area contributed by atoms with Gasteiger partial charge in [-0.1, -0.05) is 17.7 Å². The second kappa shape index (κ2) is 7.55. The van der Waals surface area contributed by atoms with Gasteiger partial charge in [0.2, 0.25) is 5.91 Å². The molecule has 1 heterocycles. The molecule has 1 aliphatic heterocycles. The highest BCUT2D eigenvalue weighted by Gasteiger charge is 2.20. The average molecular weight is 394 g/mol. The number of amides is 1. The largest absolute Gasteiger partial charge is 0.368 e. The summed E-state index contributed by atoms with van der Waals surface area (Å²) in [6, 6.07) is 13.3. The van der Waals surface area contributed by atoms with E-state index in [2.05, 4.69) is 9.62 Å². The smallest absolute Gasteiger partial charge is 0.261 e. The van der Waals surface area contributed by atoms with E-state index in [0.29, 0.717) is 36.9 Å². The predicted octanol–water partition coefficient (Wildman–Crippen LogP) is 2.81. The highest BCUT2D eigenvalue weighted by Crippen LogP contribution is 2.23. The SMILES string of the molecule is CC(=O)N1CCN(c2cccc(NS(=O)(=O)c3ccc(Cl)cc3)c2)CC1. The molecule has 0 saturated carbocycles. The molecule has 138 valence electrons. The monoisotopic (exact) mass is 393 g/mol. The van der Waals surface area contributed by atoms with Gasteiger partial charge in [0, 0.05) is 43.8 Å². The van der Waals surface area contributed by atoms with E-state index in [1.54, 1.807) is 31.2 Å². The first-order valence-corrected chi connectivity index (χ1v) is 10.1. The van der Waals surface area contributed by atoms with Gasteiger partial charge in [0.05, 0.1) is 10.6 Å². The summed E-state index contributed by atoms with van der Waals surface area (Å²) in [5.74, 6) is 0.0779. The molecular weight excluding hydrogens is 374 g/mol. The number of anilines is 2. The summed E-state index contributed by atoms with van der Waals surface area (Å²) in [5.41, 5.74) is 1.41. The van der Waals surface area contributed by atoms with Gasteiger partial charge in [-0.3, -0.25) is 9.52 Å². The molecule has 0 radical (unpaired) electrons. The molecule has 0 unspecified atom stereocenters. The summed E-state index contributed by atoms with van der Waals surface area (Å²) in [4.78, 5) is 15.5. The van der Waals surface area contributed by atoms with E-state index in [1.807, 2.05) is 17.0 Å². The summed E-state index contributed by atoms with van der Waals surface area (Å²) in [6.07, 6.45) is 0. The van der Waals surface area contributed by atoms with Crippen molar-refractivity contribution in [2.75, 3.05) is 35.8 Å². The first-order valence-electron chi connectivity index (χ1n) is 8.24. The van der Waals surface area contributed by atoms with Gasteiger partial charge in [-0.15, -0.1) is 0 Å². The van der Waals surface area contributed by atoms with Crippen LogP contribution in [0.3, 0.4) is 0 Å². The Morgan fingerprint density at radius 1 is 1.04 bits per heavy atom. The van der Waals surface area contributed by atoms with Crippen molar-refractivity contribution in [3.05, 3.63) is 53.6 Å². The zero-order valence-corrected chi connectivity index (χ0v) is 15.9. The molecule has 8 heteroatoms. The second-order valence-electron chi connectivity index (χ2n) is 6.10. The molecule has 6 nitrogen and oxygen atoms in total. The summed E-state index contributed by atoms with van der Waals surface area (Å²) >= 11 is 5.81. The minimum Gasteiger partial charge on any atom is -0.368 e. The molecular formula is C18H20ClN3O3S. The topological polar surface area (TPSA) is 69.7 Å². The Morgan fingerprint density at radius 3 is 2.31 bits per heavy atom. The van der Waals surface area contributed by atoms with Crippen molar-refractivity contribution in [3.63, 3.8) is 0 Å². The number of hydrogen-bond acceptors (Lipinski definition) is 4. The van der Waals surface area contributed by atoms with Gasteiger partial charge >= 0.3 is 0 Å². The van der Waals surface area contributed by atoms with Gasteiger partial charge in [-0.25, -0.2) is 8.42 Å². The molecule has 1 amide bonds. The molecule has 1 N–H and O–H groups in total. The lowest BCUT2D eigenvalue weighted by atomic mass is 10.2. The lowest BCUT2D eigenvalue weighted by Crippen LogP contribution is -2.48. The zero-order chi connectivity index (χ0) is 18.7. The number of rotatable bonds is 4. The molecule has 1 saturated heterocycles. The maximum atomic E-state index is 12.5. The van der Waals surface area contributed by atoms with Gasteiger partial charge < -0.3 is 9.80 Å². The van der Waals surface area contributed by atoms with Crippen molar-refractivity contribution in [2.24, 2.45) is 0 Å². The van der Waals surface area contributed by atoms with Crippen LogP contribution in [0.4, 0.5) is 11.4 Å². The molecule has 3 rings (SSSR count). The maximum Gasteiger partial charge on any atom is 0.261 e. The molecule has 1 aliphatic rings. The lowest BCUT2D eigenvalue weighted by Gasteiger charge is -2.35. The van der Waals surface area contributed by atoms with Gasteiger partial charge in [0.25, 0.3) is 10.0 Å². The average Bonchev–Trinajstić information content (AvgIpc) is 2.62. The third-order valence-corrected chi connectivity index (χ3v) is 5.96. The van der Waals surface area contributed by atoms with Crippen LogP contribution in [0.2, 0.25) is 5.02 Å². The number of nitrogens with one attached hydrogen (secondary N) is 1. The summed E-state index contributed by atoms with van der Waals surface area (Å²) in [7, 11) is -3.68. The number of carbonyl (C=O) groups excluding carboxylic acids is 1. The molecule has 0 bridgehead atoms. The van der Waals surface area contributed by atoms with E-state index in [0.717, 1.165) is 5.69 Å². The Hall–Kier alpha value is -2.25. The van der Waals surface area contributed by atoms with Crippen molar-refractivity contribution in [3.8, 4) is 0 Å². The van der Waals surface area contributed by atoms with Crippen molar-refractivity contribution >= 4 is 38.9 Å². The molecule has 2 aromatic carbocycles. The van der Waals surface area contributed by atoms with Crippen molar-refractivity contribution in [1.29, 1.82) is 0 Å². The fourth-order valence-electron chi connectivity index (χ4n) is 2.87. The Balaban J connectivity index is 1.73. The predicted molar refractivity (Wildman–Crippen MR) is 103 cm³/mol. The minimum absolute atomic E-state index is 0.0779. The number of hydrogen-bond donors (Lipinski definition) is 1. The molecule has 1 fully saturated rings. The lowest BCUT2D eigenvalue weighted by molar-refractivity contribution is -0.129. The molecule has 26 heavy (non-hydrogen) atoms. The normalized spacial score (nSPS) is 15.0. The minimum atomic E-state index is -3.68. The highest BCUT2D eigenvalue weighted by atomic mass is 35.5. The molecule has 2 aromatic rings. The third kappa shape index (κ3) is 4.28. The quantitative estimate of drug-likeness (QED) is 0.867. The number of halogens is 1. The fourth-order valence-corrected chi connectivity index (χ4v) is 4.05. The van der Waals surface area contributed by atoms with Gasteiger partial charge in [0.15, 0.2) is 0 Å². The van der Waals surface area contributed by atoms with E-state index in [4.69, 9.17) is 11.6 Å². The Bertz CT molecular complexity index is 892. The molecule has 0 aliphatic carbocycles. The zero-order valence-electron chi connectivity index (χ0n) is 14.4. The third-order valence-electron chi connectivity index (χ3n) is 4.31. The summed E-state index contributed by atoms with van der Waals surface area (Å²) < 4.78 is 27.6. The Morgan fingerprint density at radius 2 is 1.69 bits per heavy atom. The van der Waals surface area contributed by atoms with E-state index >= 15 is 0 Å². The highest BCUT2D eigenvalue weighted by molar-refractivity contribution is 7.92. The molecule has 0 aromatic heterocycles. The van der Waals surface area contributed by atoms with E-state index < -0.39 is 10.0 Å². The Kier molecular flexibility index (Phi) is 5.38. The summed E-state index contributed by atoms with van der Waals surface area (Å²) in [6.45, 7) is 4.33. The van der Waals surface area contributed by atoms with Crippen LogP contribution in [0, 0.1) is 0 Å². The number of sulfonamides is 1. The van der Waals surface area contributed by atoms with Crippen LogP contribution in [0.1, 0.15) is 6.92 Å². The number of piperazine rings is 1. The first-order chi connectivity index (χ1) is 12.3.